The predicted molar refractivity (Wildman–Crippen MR) is 77.6 cm³/mol. The average Bonchev–Trinajstić information content (AvgIpc) is 3.03. The van der Waals surface area contributed by atoms with E-state index in [4.69, 9.17) is 15.2 Å². The molecule has 2 unspecified atom stereocenters. The van der Waals surface area contributed by atoms with E-state index in [-0.39, 0.29) is 11.1 Å². The molecule has 108 valence electrons. The molecule has 20 heavy (non-hydrogen) atoms. The summed E-state index contributed by atoms with van der Waals surface area (Å²) in [4.78, 5) is 0. The Balaban J connectivity index is 1.56. The third kappa shape index (κ3) is 2.00. The van der Waals surface area contributed by atoms with E-state index < -0.39 is 0 Å². The first kappa shape index (κ1) is 12.8. The van der Waals surface area contributed by atoms with Crippen molar-refractivity contribution in [3.8, 4) is 0 Å². The standard InChI is InChI=1S/C17H23NO2/c18-17(9-13-3-1-2-4-14(13)10-17)15-5-7-20-16(11-15)6-8-19-12-16/h1-4,15H,5-12,18H2. The van der Waals surface area contributed by atoms with Crippen molar-refractivity contribution in [2.24, 2.45) is 11.7 Å². The van der Waals surface area contributed by atoms with Gasteiger partial charge in [0.25, 0.3) is 0 Å². The number of nitrogens with two attached hydrogens (primary N) is 1. The van der Waals surface area contributed by atoms with E-state index in [9.17, 15) is 0 Å². The second kappa shape index (κ2) is 4.55. The van der Waals surface area contributed by atoms with Crippen LogP contribution in [0, 0.1) is 5.92 Å². The average molecular weight is 273 g/mol. The maximum absolute atomic E-state index is 6.84. The summed E-state index contributed by atoms with van der Waals surface area (Å²) < 4.78 is 11.6. The van der Waals surface area contributed by atoms with Gasteiger partial charge in [0.15, 0.2) is 0 Å². The molecule has 0 saturated carbocycles. The molecule has 2 fully saturated rings. The molecule has 4 rings (SSSR count). The highest BCUT2D eigenvalue weighted by Gasteiger charge is 2.48. The predicted octanol–water partition coefficient (Wildman–Crippen LogP) is 2.07. The third-order valence-corrected chi connectivity index (χ3v) is 5.53. The highest BCUT2D eigenvalue weighted by molar-refractivity contribution is 5.36. The molecule has 2 saturated heterocycles. The zero-order valence-electron chi connectivity index (χ0n) is 11.9. The molecule has 0 amide bonds. The summed E-state index contributed by atoms with van der Waals surface area (Å²) in [5, 5.41) is 0. The quantitative estimate of drug-likeness (QED) is 0.852. The summed E-state index contributed by atoms with van der Waals surface area (Å²) in [5.41, 5.74) is 9.61. The van der Waals surface area contributed by atoms with Crippen molar-refractivity contribution in [1.82, 2.24) is 0 Å². The van der Waals surface area contributed by atoms with Gasteiger partial charge >= 0.3 is 0 Å². The van der Waals surface area contributed by atoms with E-state index in [0.29, 0.717) is 5.92 Å². The van der Waals surface area contributed by atoms with Crippen LogP contribution in [0.3, 0.4) is 0 Å². The van der Waals surface area contributed by atoms with Crippen LogP contribution < -0.4 is 5.73 Å². The minimum Gasteiger partial charge on any atom is -0.378 e. The summed E-state index contributed by atoms with van der Waals surface area (Å²) in [5.74, 6) is 0.547. The lowest BCUT2D eigenvalue weighted by molar-refractivity contribution is -0.109. The fourth-order valence-corrected chi connectivity index (χ4v) is 4.34. The third-order valence-electron chi connectivity index (χ3n) is 5.53. The van der Waals surface area contributed by atoms with E-state index in [1.165, 1.54) is 11.1 Å². The topological polar surface area (TPSA) is 44.5 Å². The van der Waals surface area contributed by atoms with Crippen molar-refractivity contribution in [3.05, 3.63) is 35.4 Å². The van der Waals surface area contributed by atoms with Crippen LogP contribution in [0.1, 0.15) is 30.4 Å². The number of fused-ring (bicyclic) bond motifs is 1. The van der Waals surface area contributed by atoms with Crippen molar-refractivity contribution >= 4 is 0 Å². The van der Waals surface area contributed by atoms with Gasteiger partial charge < -0.3 is 15.2 Å². The van der Waals surface area contributed by atoms with Crippen LogP contribution in [-0.4, -0.2) is 31.0 Å². The highest BCUT2D eigenvalue weighted by Crippen LogP contribution is 2.44. The Kier molecular flexibility index (Phi) is 2.92. The summed E-state index contributed by atoms with van der Waals surface area (Å²) in [6, 6.07) is 8.72. The fourth-order valence-electron chi connectivity index (χ4n) is 4.34. The monoisotopic (exact) mass is 273 g/mol. The minimum atomic E-state index is -0.0803. The minimum absolute atomic E-state index is 0.0376. The largest absolute Gasteiger partial charge is 0.378 e. The maximum atomic E-state index is 6.84. The number of rotatable bonds is 1. The molecule has 3 heteroatoms. The van der Waals surface area contributed by atoms with E-state index in [2.05, 4.69) is 24.3 Å². The molecule has 1 aliphatic carbocycles. The molecule has 3 aliphatic rings. The zero-order chi connectivity index (χ0) is 13.6. The number of hydrogen-bond acceptors (Lipinski definition) is 3. The van der Waals surface area contributed by atoms with Gasteiger partial charge in [-0.05, 0) is 42.7 Å². The van der Waals surface area contributed by atoms with Crippen LogP contribution in [0.15, 0.2) is 24.3 Å². The molecule has 2 atom stereocenters. The van der Waals surface area contributed by atoms with E-state index in [1.54, 1.807) is 0 Å². The Bertz CT molecular complexity index is 482. The molecule has 0 bridgehead atoms. The molecular formula is C17H23NO2. The van der Waals surface area contributed by atoms with E-state index in [1.807, 2.05) is 0 Å². The molecular weight excluding hydrogens is 250 g/mol. The summed E-state index contributed by atoms with van der Waals surface area (Å²) in [6.45, 7) is 2.43. The fraction of sp³-hybridized carbons (Fsp3) is 0.647. The van der Waals surface area contributed by atoms with E-state index >= 15 is 0 Å². The molecule has 3 nitrogen and oxygen atoms in total. The zero-order valence-corrected chi connectivity index (χ0v) is 11.9. The second-order valence-electron chi connectivity index (χ2n) is 6.88. The molecule has 1 aromatic rings. The summed E-state index contributed by atoms with van der Waals surface area (Å²) >= 11 is 0. The van der Waals surface area contributed by atoms with Crippen LogP contribution in [0.5, 0.6) is 0 Å². The Morgan fingerprint density at radius 3 is 2.50 bits per heavy atom. The van der Waals surface area contributed by atoms with Crippen molar-refractivity contribution in [2.45, 2.75) is 43.2 Å². The van der Waals surface area contributed by atoms with Gasteiger partial charge in [-0.3, -0.25) is 0 Å². The second-order valence-corrected chi connectivity index (χ2v) is 6.88. The Morgan fingerprint density at radius 2 is 1.85 bits per heavy atom. The van der Waals surface area contributed by atoms with Gasteiger partial charge in [-0.25, -0.2) is 0 Å². The van der Waals surface area contributed by atoms with E-state index in [0.717, 1.165) is 51.9 Å². The molecule has 0 radical (unpaired) electrons. The number of ether oxygens (including phenoxy) is 2. The first-order valence-electron chi connectivity index (χ1n) is 7.77. The van der Waals surface area contributed by atoms with Crippen LogP contribution in [0.2, 0.25) is 0 Å². The lowest BCUT2D eigenvalue weighted by Gasteiger charge is -2.44. The Labute approximate surface area is 120 Å². The maximum Gasteiger partial charge on any atom is 0.0940 e. The van der Waals surface area contributed by atoms with Gasteiger partial charge in [-0.2, -0.15) is 0 Å². The highest BCUT2D eigenvalue weighted by atomic mass is 16.6. The van der Waals surface area contributed by atoms with Gasteiger partial charge in [0.1, 0.15) is 0 Å². The van der Waals surface area contributed by atoms with Crippen LogP contribution in [0.25, 0.3) is 0 Å². The van der Waals surface area contributed by atoms with Gasteiger partial charge in [-0.1, -0.05) is 24.3 Å². The van der Waals surface area contributed by atoms with Crippen molar-refractivity contribution in [1.29, 1.82) is 0 Å². The molecule has 1 spiro atoms. The number of hydrogen-bond donors (Lipinski definition) is 1. The molecule has 2 heterocycles. The first-order valence-corrected chi connectivity index (χ1v) is 7.77. The van der Waals surface area contributed by atoms with Crippen molar-refractivity contribution in [3.63, 3.8) is 0 Å². The number of benzene rings is 1. The molecule has 0 aromatic heterocycles. The van der Waals surface area contributed by atoms with Crippen molar-refractivity contribution < 1.29 is 9.47 Å². The molecule has 2 N–H and O–H groups in total. The SMILES string of the molecule is NC1(C2CCOC3(CCOC3)C2)Cc2ccccc2C1. The molecule has 2 aliphatic heterocycles. The Hall–Kier alpha value is -0.900. The van der Waals surface area contributed by atoms with Gasteiger partial charge in [0.05, 0.1) is 12.2 Å². The van der Waals surface area contributed by atoms with Crippen LogP contribution >= 0.6 is 0 Å². The van der Waals surface area contributed by atoms with Crippen LogP contribution in [-0.2, 0) is 22.3 Å². The van der Waals surface area contributed by atoms with Gasteiger partial charge in [0.2, 0.25) is 0 Å². The first-order chi connectivity index (χ1) is 9.69. The van der Waals surface area contributed by atoms with Crippen LogP contribution in [0.4, 0.5) is 0 Å². The van der Waals surface area contributed by atoms with Gasteiger partial charge in [0, 0.05) is 25.2 Å². The van der Waals surface area contributed by atoms with Crippen molar-refractivity contribution in [2.75, 3.05) is 19.8 Å². The summed E-state index contributed by atoms with van der Waals surface area (Å²) in [7, 11) is 0. The Morgan fingerprint density at radius 1 is 1.10 bits per heavy atom. The summed E-state index contributed by atoms with van der Waals surface area (Å²) in [6.07, 6.45) is 5.23. The molecule has 1 aromatic carbocycles. The lowest BCUT2D eigenvalue weighted by Crippen LogP contribution is -2.54. The normalized spacial score (nSPS) is 35.4. The lowest BCUT2D eigenvalue weighted by atomic mass is 9.72. The van der Waals surface area contributed by atoms with Gasteiger partial charge in [-0.15, -0.1) is 0 Å². The smallest absolute Gasteiger partial charge is 0.0940 e.